The molecule has 1 aliphatic rings. The zero-order chi connectivity index (χ0) is 15.1. The standard InChI is InChI=1S/C19H32N2/c1-4-12-20-15-17-7-9-19(10-8-17)21-13-5-6-18(11-14-21)16(2)3/h7-10,16,18,20H,4-6,11-15H2,1-3H3. The van der Waals surface area contributed by atoms with Crippen molar-refractivity contribution in [3.05, 3.63) is 29.8 Å². The van der Waals surface area contributed by atoms with Crippen LogP contribution in [0.25, 0.3) is 0 Å². The third-order valence-electron chi connectivity index (χ3n) is 4.77. The number of hydrogen-bond acceptors (Lipinski definition) is 2. The maximum Gasteiger partial charge on any atom is 0.0366 e. The van der Waals surface area contributed by atoms with Crippen LogP contribution >= 0.6 is 0 Å². The highest BCUT2D eigenvalue weighted by Crippen LogP contribution is 2.27. The van der Waals surface area contributed by atoms with E-state index >= 15 is 0 Å². The summed E-state index contributed by atoms with van der Waals surface area (Å²) in [6.07, 6.45) is 5.27. The summed E-state index contributed by atoms with van der Waals surface area (Å²) in [7, 11) is 0. The molecule has 21 heavy (non-hydrogen) atoms. The van der Waals surface area contributed by atoms with Gasteiger partial charge in [-0.3, -0.25) is 0 Å². The second kappa shape index (κ2) is 8.43. The lowest BCUT2D eigenvalue weighted by atomic mass is 9.89. The van der Waals surface area contributed by atoms with E-state index in [0.717, 1.165) is 24.9 Å². The fraction of sp³-hybridized carbons (Fsp3) is 0.684. The summed E-state index contributed by atoms with van der Waals surface area (Å²) in [6, 6.07) is 9.17. The first-order valence-electron chi connectivity index (χ1n) is 8.75. The highest BCUT2D eigenvalue weighted by atomic mass is 15.1. The van der Waals surface area contributed by atoms with Gasteiger partial charge in [-0.05, 0) is 61.8 Å². The molecule has 0 amide bonds. The van der Waals surface area contributed by atoms with Crippen LogP contribution in [0.4, 0.5) is 5.69 Å². The van der Waals surface area contributed by atoms with Crippen LogP contribution in [-0.4, -0.2) is 19.6 Å². The molecule has 0 bridgehead atoms. The van der Waals surface area contributed by atoms with E-state index in [-0.39, 0.29) is 0 Å². The summed E-state index contributed by atoms with van der Waals surface area (Å²) in [5.41, 5.74) is 2.79. The van der Waals surface area contributed by atoms with Crippen LogP contribution < -0.4 is 10.2 Å². The van der Waals surface area contributed by atoms with E-state index in [1.165, 1.54) is 50.0 Å². The zero-order valence-electron chi connectivity index (χ0n) is 14.1. The summed E-state index contributed by atoms with van der Waals surface area (Å²) in [4.78, 5) is 2.58. The van der Waals surface area contributed by atoms with Gasteiger partial charge in [0.1, 0.15) is 0 Å². The Hall–Kier alpha value is -1.02. The van der Waals surface area contributed by atoms with E-state index < -0.39 is 0 Å². The van der Waals surface area contributed by atoms with Gasteiger partial charge in [0.05, 0.1) is 0 Å². The molecule has 2 heteroatoms. The van der Waals surface area contributed by atoms with Gasteiger partial charge in [0.2, 0.25) is 0 Å². The van der Waals surface area contributed by atoms with Gasteiger partial charge in [-0.2, -0.15) is 0 Å². The van der Waals surface area contributed by atoms with Crippen LogP contribution in [-0.2, 0) is 6.54 Å². The highest BCUT2D eigenvalue weighted by molar-refractivity contribution is 5.47. The van der Waals surface area contributed by atoms with Crippen molar-refractivity contribution in [3.63, 3.8) is 0 Å². The third kappa shape index (κ3) is 5.03. The zero-order valence-corrected chi connectivity index (χ0v) is 14.1. The minimum Gasteiger partial charge on any atom is -0.372 e. The van der Waals surface area contributed by atoms with Gasteiger partial charge < -0.3 is 10.2 Å². The van der Waals surface area contributed by atoms with Crippen molar-refractivity contribution >= 4 is 5.69 Å². The summed E-state index contributed by atoms with van der Waals surface area (Å²) in [5, 5.41) is 3.47. The fourth-order valence-electron chi connectivity index (χ4n) is 3.28. The molecule has 118 valence electrons. The predicted octanol–water partition coefficient (Wildman–Crippen LogP) is 4.45. The lowest BCUT2D eigenvalue weighted by Gasteiger charge is -2.24. The largest absolute Gasteiger partial charge is 0.372 e. The SMILES string of the molecule is CCCNCc1ccc(N2CCCC(C(C)C)CC2)cc1. The van der Waals surface area contributed by atoms with Crippen LogP contribution in [0, 0.1) is 11.8 Å². The molecule has 1 aromatic rings. The predicted molar refractivity (Wildman–Crippen MR) is 92.8 cm³/mol. The molecule has 1 saturated heterocycles. The van der Waals surface area contributed by atoms with Crippen molar-refractivity contribution in [2.45, 2.75) is 53.0 Å². The van der Waals surface area contributed by atoms with E-state index in [1.807, 2.05) is 0 Å². The van der Waals surface area contributed by atoms with E-state index in [9.17, 15) is 0 Å². The highest BCUT2D eigenvalue weighted by Gasteiger charge is 2.19. The molecule has 2 rings (SSSR count). The molecular weight excluding hydrogens is 256 g/mol. The van der Waals surface area contributed by atoms with Crippen LogP contribution in [0.15, 0.2) is 24.3 Å². The molecule has 1 unspecified atom stereocenters. The van der Waals surface area contributed by atoms with Crippen LogP contribution in [0.5, 0.6) is 0 Å². The van der Waals surface area contributed by atoms with Gasteiger partial charge in [0.25, 0.3) is 0 Å². The molecule has 1 N–H and O–H groups in total. The summed E-state index contributed by atoms with van der Waals surface area (Å²) in [5.74, 6) is 1.74. The van der Waals surface area contributed by atoms with Gasteiger partial charge in [-0.1, -0.05) is 32.9 Å². The molecule has 0 aliphatic carbocycles. The minimum absolute atomic E-state index is 0.831. The van der Waals surface area contributed by atoms with Gasteiger partial charge in [0.15, 0.2) is 0 Å². The first kappa shape index (κ1) is 16.4. The van der Waals surface area contributed by atoms with Crippen LogP contribution in [0.3, 0.4) is 0 Å². The Morgan fingerprint density at radius 2 is 1.90 bits per heavy atom. The quantitative estimate of drug-likeness (QED) is 0.778. The molecule has 1 fully saturated rings. The van der Waals surface area contributed by atoms with Crippen molar-refractivity contribution < 1.29 is 0 Å². The van der Waals surface area contributed by atoms with Gasteiger partial charge in [0, 0.05) is 25.3 Å². The topological polar surface area (TPSA) is 15.3 Å². The molecule has 1 aliphatic heterocycles. The molecular formula is C19H32N2. The molecule has 0 spiro atoms. The lowest BCUT2D eigenvalue weighted by Crippen LogP contribution is -2.24. The Kier molecular flexibility index (Phi) is 6.56. The minimum atomic E-state index is 0.831. The van der Waals surface area contributed by atoms with E-state index in [2.05, 4.69) is 55.3 Å². The van der Waals surface area contributed by atoms with E-state index in [4.69, 9.17) is 0 Å². The number of rotatable bonds is 6. The van der Waals surface area contributed by atoms with Gasteiger partial charge in [-0.15, -0.1) is 0 Å². The van der Waals surface area contributed by atoms with Crippen LogP contribution in [0.2, 0.25) is 0 Å². The molecule has 2 nitrogen and oxygen atoms in total. The monoisotopic (exact) mass is 288 g/mol. The number of hydrogen-bond donors (Lipinski definition) is 1. The average Bonchev–Trinajstić information content (AvgIpc) is 2.74. The molecule has 1 aromatic carbocycles. The Bertz CT molecular complexity index is 397. The first-order valence-corrected chi connectivity index (χ1v) is 8.75. The van der Waals surface area contributed by atoms with Crippen molar-refractivity contribution in [3.8, 4) is 0 Å². The molecule has 0 saturated carbocycles. The van der Waals surface area contributed by atoms with E-state index in [0.29, 0.717) is 0 Å². The Morgan fingerprint density at radius 3 is 2.57 bits per heavy atom. The van der Waals surface area contributed by atoms with Gasteiger partial charge in [-0.25, -0.2) is 0 Å². The summed E-state index contributed by atoms with van der Waals surface area (Å²) in [6.45, 7) is 11.5. The third-order valence-corrected chi connectivity index (χ3v) is 4.77. The van der Waals surface area contributed by atoms with Crippen molar-refractivity contribution in [1.29, 1.82) is 0 Å². The fourth-order valence-corrected chi connectivity index (χ4v) is 3.28. The maximum absolute atomic E-state index is 3.47. The average molecular weight is 288 g/mol. The van der Waals surface area contributed by atoms with Crippen molar-refractivity contribution in [2.24, 2.45) is 11.8 Å². The number of benzene rings is 1. The Morgan fingerprint density at radius 1 is 1.14 bits per heavy atom. The van der Waals surface area contributed by atoms with E-state index in [1.54, 1.807) is 0 Å². The molecule has 0 aromatic heterocycles. The molecule has 1 atom stereocenters. The lowest BCUT2D eigenvalue weighted by molar-refractivity contribution is 0.351. The molecule has 1 heterocycles. The second-order valence-electron chi connectivity index (χ2n) is 6.77. The van der Waals surface area contributed by atoms with Crippen LogP contribution in [0.1, 0.15) is 52.0 Å². The number of anilines is 1. The number of nitrogens with zero attached hydrogens (tertiary/aromatic N) is 1. The van der Waals surface area contributed by atoms with Crippen molar-refractivity contribution in [2.75, 3.05) is 24.5 Å². The molecule has 0 radical (unpaired) electrons. The second-order valence-corrected chi connectivity index (χ2v) is 6.77. The van der Waals surface area contributed by atoms with Crippen molar-refractivity contribution in [1.82, 2.24) is 5.32 Å². The smallest absolute Gasteiger partial charge is 0.0366 e. The maximum atomic E-state index is 3.47. The Labute approximate surface area is 130 Å². The normalized spacial score (nSPS) is 19.8. The summed E-state index contributed by atoms with van der Waals surface area (Å²) < 4.78 is 0. The number of nitrogens with one attached hydrogen (secondary N) is 1. The van der Waals surface area contributed by atoms with Gasteiger partial charge >= 0.3 is 0 Å². The first-order chi connectivity index (χ1) is 10.2. The summed E-state index contributed by atoms with van der Waals surface area (Å²) >= 11 is 0. The Balaban J connectivity index is 1.89.